The molecule has 1 aromatic heterocycles. The number of ether oxygens (including phenoxy) is 3. The summed E-state index contributed by atoms with van der Waals surface area (Å²) < 4.78 is 17.9. The molecule has 2 heterocycles. The summed E-state index contributed by atoms with van der Waals surface area (Å²) in [4.78, 5) is 16.2. The molecule has 0 fully saturated rings. The van der Waals surface area contributed by atoms with Gasteiger partial charge in [0, 0.05) is 10.9 Å². The average Bonchev–Trinajstić information content (AvgIpc) is 3.25. The van der Waals surface area contributed by atoms with E-state index in [-0.39, 0.29) is 18.3 Å². The third-order valence-corrected chi connectivity index (χ3v) is 7.01. The van der Waals surface area contributed by atoms with Crippen molar-refractivity contribution < 1.29 is 19.0 Å². The Morgan fingerprint density at radius 2 is 2.06 bits per heavy atom. The van der Waals surface area contributed by atoms with Crippen LogP contribution in [0.3, 0.4) is 0 Å². The zero-order valence-electron chi connectivity index (χ0n) is 20.4. The molecular formula is C28H32N2O4. The summed E-state index contributed by atoms with van der Waals surface area (Å²) in [6.07, 6.45) is 1.65. The average molecular weight is 461 g/mol. The minimum absolute atomic E-state index is 0.0728. The van der Waals surface area contributed by atoms with Crippen molar-refractivity contribution in [3.63, 3.8) is 0 Å². The Hall–Kier alpha value is -3.30. The second kappa shape index (κ2) is 9.90. The van der Waals surface area contributed by atoms with E-state index in [0.717, 1.165) is 39.7 Å². The van der Waals surface area contributed by atoms with Gasteiger partial charge in [-0.3, -0.25) is 4.79 Å². The van der Waals surface area contributed by atoms with Gasteiger partial charge in [-0.25, -0.2) is 0 Å². The SMILES string of the molecule is CCOC(=O)CC1([C@@H](C)CC)OCCc2c1[nH]c1c(C)c(OCc3ccccc3)cc(C#N)c21. The van der Waals surface area contributed by atoms with Crippen molar-refractivity contribution in [3.05, 3.63) is 64.3 Å². The van der Waals surface area contributed by atoms with Crippen LogP contribution >= 0.6 is 0 Å². The van der Waals surface area contributed by atoms with E-state index in [1.165, 1.54) is 0 Å². The molecule has 3 aromatic rings. The summed E-state index contributed by atoms with van der Waals surface area (Å²) in [5.74, 6) is 0.467. The summed E-state index contributed by atoms with van der Waals surface area (Å²) in [6, 6.07) is 14.2. The van der Waals surface area contributed by atoms with Crippen LogP contribution in [0.2, 0.25) is 0 Å². The molecule has 0 spiro atoms. The minimum Gasteiger partial charge on any atom is -0.489 e. The second-order valence-electron chi connectivity index (χ2n) is 8.94. The van der Waals surface area contributed by atoms with Crippen LogP contribution in [0.1, 0.15) is 61.6 Å². The Morgan fingerprint density at radius 3 is 2.74 bits per heavy atom. The highest BCUT2D eigenvalue weighted by Gasteiger charge is 2.46. The van der Waals surface area contributed by atoms with E-state index >= 15 is 0 Å². The molecule has 0 bridgehead atoms. The van der Waals surface area contributed by atoms with Crippen molar-refractivity contribution in [1.82, 2.24) is 4.98 Å². The normalized spacial score (nSPS) is 18.2. The Balaban J connectivity index is 1.84. The molecule has 4 rings (SSSR count). The number of H-pyrrole nitrogens is 1. The van der Waals surface area contributed by atoms with Crippen LogP contribution in [0.15, 0.2) is 36.4 Å². The molecule has 34 heavy (non-hydrogen) atoms. The van der Waals surface area contributed by atoms with E-state index in [0.29, 0.717) is 37.6 Å². The van der Waals surface area contributed by atoms with Crippen LogP contribution < -0.4 is 4.74 Å². The maximum atomic E-state index is 12.6. The number of nitrogens with one attached hydrogen (secondary N) is 1. The smallest absolute Gasteiger partial charge is 0.309 e. The highest BCUT2D eigenvalue weighted by molar-refractivity contribution is 5.94. The summed E-state index contributed by atoms with van der Waals surface area (Å²) in [5.41, 5.74) is 4.55. The van der Waals surface area contributed by atoms with Crippen LogP contribution in [0.5, 0.6) is 5.75 Å². The fourth-order valence-electron chi connectivity index (χ4n) is 5.00. The van der Waals surface area contributed by atoms with Gasteiger partial charge in [-0.1, -0.05) is 50.6 Å². The molecule has 1 aliphatic rings. The molecule has 178 valence electrons. The van der Waals surface area contributed by atoms with Crippen LogP contribution in [-0.4, -0.2) is 24.2 Å². The third-order valence-electron chi connectivity index (χ3n) is 7.01. The first-order valence-corrected chi connectivity index (χ1v) is 12.0. The lowest BCUT2D eigenvalue weighted by Crippen LogP contribution is -2.43. The van der Waals surface area contributed by atoms with Crippen molar-refractivity contribution in [2.75, 3.05) is 13.2 Å². The minimum atomic E-state index is -0.822. The Labute approximate surface area is 200 Å². The number of esters is 1. The molecule has 0 aliphatic carbocycles. The van der Waals surface area contributed by atoms with E-state index in [2.05, 4.69) is 24.9 Å². The van der Waals surface area contributed by atoms with Gasteiger partial charge >= 0.3 is 5.97 Å². The monoisotopic (exact) mass is 460 g/mol. The summed E-state index contributed by atoms with van der Waals surface area (Å²) >= 11 is 0. The molecule has 0 radical (unpaired) electrons. The number of aromatic nitrogens is 1. The van der Waals surface area contributed by atoms with E-state index in [9.17, 15) is 10.1 Å². The van der Waals surface area contributed by atoms with Crippen molar-refractivity contribution in [3.8, 4) is 11.8 Å². The molecule has 0 saturated heterocycles. The highest BCUT2D eigenvalue weighted by atomic mass is 16.5. The fourth-order valence-corrected chi connectivity index (χ4v) is 5.00. The quantitative estimate of drug-likeness (QED) is 0.436. The molecule has 1 aliphatic heterocycles. The van der Waals surface area contributed by atoms with E-state index in [1.54, 1.807) is 0 Å². The molecule has 1 unspecified atom stereocenters. The van der Waals surface area contributed by atoms with E-state index < -0.39 is 5.60 Å². The van der Waals surface area contributed by atoms with Crippen molar-refractivity contribution in [1.29, 1.82) is 5.26 Å². The first-order chi connectivity index (χ1) is 16.4. The van der Waals surface area contributed by atoms with Gasteiger partial charge in [-0.2, -0.15) is 5.26 Å². The molecule has 6 nitrogen and oxygen atoms in total. The predicted molar refractivity (Wildman–Crippen MR) is 131 cm³/mol. The zero-order chi connectivity index (χ0) is 24.3. The Bertz CT molecular complexity index is 1220. The van der Waals surface area contributed by atoms with Crippen LogP contribution in [0, 0.1) is 24.2 Å². The first-order valence-electron chi connectivity index (χ1n) is 12.0. The topological polar surface area (TPSA) is 84.3 Å². The van der Waals surface area contributed by atoms with Crippen molar-refractivity contribution >= 4 is 16.9 Å². The van der Waals surface area contributed by atoms with Gasteiger partial charge in [0.2, 0.25) is 0 Å². The standard InChI is InChI=1S/C28H32N2O4/c1-5-18(3)28(15-24(31)32-6-2)27-22(12-13-34-28)25-21(16-29)14-23(19(4)26(25)30-27)33-17-20-10-8-7-9-11-20/h7-11,14,18,30H,5-6,12-13,15,17H2,1-4H3/t18-,28?/m0/s1. The molecule has 0 amide bonds. The van der Waals surface area contributed by atoms with Gasteiger partial charge in [-0.05, 0) is 43.4 Å². The van der Waals surface area contributed by atoms with Crippen LogP contribution in [0.4, 0.5) is 0 Å². The lowest BCUT2D eigenvalue weighted by atomic mass is 9.77. The highest BCUT2D eigenvalue weighted by Crippen LogP contribution is 2.47. The number of hydrogen-bond acceptors (Lipinski definition) is 5. The number of nitriles is 1. The van der Waals surface area contributed by atoms with Crippen LogP contribution in [0.25, 0.3) is 10.9 Å². The van der Waals surface area contributed by atoms with Gasteiger partial charge in [0.25, 0.3) is 0 Å². The molecule has 6 heteroatoms. The summed E-state index contributed by atoms with van der Waals surface area (Å²) in [6.45, 7) is 9.24. The number of rotatable bonds is 8. The van der Waals surface area contributed by atoms with Gasteiger partial charge in [0.15, 0.2) is 0 Å². The molecule has 2 aromatic carbocycles. The van der Waals surface area contributed by atoms with Gasteiger partial charge < -0.3 is 19.2 Å². The van der Waals surface area contributed by atoms with Crippen molar-refractivity contribution in [2.24, 2.45) is 5.92 Å². The Kier molecular flexibility index (Phi) is 6.95. The summed E-state index contributed by atoms with van der Waals surface area (Å²) in [5, 5.41) is 10.9. The number of nitrogens with zero attached hydrogens (tertiary/aromatic N) is 1. The first kappa shape index (κ1) is 23.8. The van der Waals surface area contributed by atoms with E-state index in [1.807, 2.05) is 50.2 Å². The number of carbonyl (C=O) groups excluding carboxylic acids is 1. The number of hydrogen-bond donors (Lipinski definition) is 1. The fraction of sp³-hybridized carbons (Fsp3) is 0.429. The van der Waals surface area contributed by atoms with Gasteiger partial charge in [0.1, 0.15) is 18.0 Å². The predicted octanol–water partition coefficient (Wildman–Crippen LogP) is 5.69. The number of benzene rings is 2. The zero-order valence-corrected chi connectivity index (χ0v) is 20.4. The maximum Gasteiger partial charge on any atom is 0.309 e. The van der Waals surface area contributed by atoms with Crippen LogP contribution in [-0.2, 0) is 32.9 Å². The lowest BCUT2D eigenvalue weighted by Gasteiger charge is -2.41. The maximum absolute atomic E-state index is 12.6. The molecular weight excluding hydrogens is 428 g/mol. The molecule has 2 atom stereocenters. The largest absolute Gasteiger partial charge is 0.489 e. The third kappa shape index (κ3) is 4.17. The molecule has 1 N–H and O–H groups in total. The summed E-state index contributed by atoms with van der Waals surface area (Å²) in [7, 11) is 0. The number of fused-ring (bicyclic) bond motifs is 3. The lowest BCUT2D eigenvalue weighted by molar-refractivity contribution is -0.160. The second-order valence-corrected chi connectivity index (χ2v) is 8.94. The number of aromatic amines is 1. The number of carbonyl (C=O) groups is 1. The molecule has 0 saturated carbocycles. The number of aryl methyl sites for hydroxylation is 1. The van der Waals surface area contributed by atoms with E-state index in [4.69, 9.17) is 14.2 Å². The van der Waals surface area contributed by atoms with Gasteiger partial charge in [-0.15, -0.1) is 0 Å². The van der Waals surface area contributed by atoms with Gasteiger partial charge in [0.05, 0.1) is 42.5 Å². The van der Waals surface area contributed by atoms with Crippen molar-refractivity contribution in [2.45, 2.75) is 59.2 Å². The Morgan fingerprint density at radius 1 is 1.29 bits per heavy atom.